The van der Waals surface area contributed by atoms with E-state index in [0.29, 0.717) is 16.5 Å². The highest BCUT2D eigenvalue weighted by atomic mass is 79.9. The molecule has 0 spiro atoms. The molecule has 6 heteroatoms. The van der Waals surface area contributed by atoms with Crippen LogP contribution >= 0.6 is 50.2 Å². The molecule has 1 atom stereocenters. The SMILES string of the molecule is COc1cc(Cl)c(C(Br)c2cc3sccc3s2)cc1OC. The van der Waals surface area contributed by atoms with E-state index in [1.807, 2.05) is 6.07 Å². The number of benzene rings is 1. The fourth-order valence-corrected chi connectivity index (χ4v) is 5.43. The number of thiophene rings is 2. The summed E-state index contributed by atoms with van der Waals surface area (Å²) in [6.07, 6.45) is 0. The van der Waals surface area contributed by atoms with Crippen molar-refractivity contribution in [3.8, 4) is 11.5 Å². The molecular formula is C15H12BrClO2S2. The molecule has 2 nitrogen and oxygen atoms in total. The summed E-state index contributed by atoms with van der Waals surface area (Å²) in [6, 6.07) is 8.07. The largest absolute Gasteiger partial charge is 0.493 e. The molecule has 0 N–H and O–H groups in total. The highest BCUT2D eigenvalue weighted by Gasteiger charge is 2.20. The van der Waals surface area contributed by atoms with Gasteiger partial charge in [-0.15, -0.1) is 22.7 Å². The first-order valence-corrected chi connectivity index (χ1v) is 9.15. The molecule has 1 unspecified atom stereocenters. The minimum Gasteiger partial charge on any atom is -0.493 e. The molecule has 2 heterocycles. The maximum atomic E-state index is 6.40. The lowest BCUT2D eigenvalue weighted by molar-refractivity contribution is 0.354. The van der Waals surface area contributed by atoms with Gasteiger partial charge in [0.05, 0.1) is 19.0 Å². The van der Waals surface area contributed by atoms with Crippen LogP contribution in [0.1, 0.15) is 15.3 Å². The van der Waals surface area contributed by atoms with Crippen molar-refractivity contribution in [1.82, 2.24) is 0 Å². The first-order chi connectivity index (χ1) is 10.1. The Morgan fingerprint density at radius 3 is 2.48 bits per heavy atom. The zero-order chi connectivity index (χ0) is 15.0. The van der Waals surface area contributed by atoms with Gasteiger partial charge in [-0.2, -0.15) is 0 Å². The van der Waals surface area contributed by atoms with Crippen LogP contribution in [0.4, 0.5) is 0 Å². The van der Waals surface area contributed by atoms with Gasteiger partial charge in [0.15, 0.2) is 11.5 Å². The minimum atomic E-state index is 0.0365. The summed E-state index contributed by atoms with van der Waals surface area (Å²) < 4.78 is 13.2. The monoisotopic (exact) mass is 402 g/mol. The first kappa shape index (κ1) is 15.2. The molecule has 0 saturated heterocycles. The molecule has 3 rings (SSSR count). The zero-order valence-electron chi connectivity index (χ0n) is 11.4. The molecule has 3 aromatic rings. The number of halogens is 2. The average molecular weight is 404 g/mol. The Morgan fingerprint density at radius 2 is 1.81 bits per heavy atom. The van der Waals surface area contributed by atoms with Crippen LogP contribution in [0.5, 0.6) is 11.5 Å². The maximum Gasteiger partial charge on any atom is 0.162 e. The molecule has 0 bridgehead atoms. The fraction of sp³-hybridized carbons (Fsp3) is 0.200. The van der Waals surface area contributed by atoms with Crippen LogP contribution in [-0.4, -0.2) is 14.2 Å². The summed E-state index contributed by atoms with van der Waals surface area (Å²) in [4.78, 5) is 1.26. The van der Waals surface area contributed by atoms with Crippen molar-refractivity contribution >= 4 is 59.6 Å². The number of alkyl halides is 1. The molecule has 0 radical (unpaired) electrons. The Hall–Kier alpha value is -0.750. The average Bonchev–Trinajstić information content (AvgIpc) is 3.07. The normalized spacial score (nSPS) is 12.6. The number of hydrogen-bond acceptors (Lipinski definition) is 4. The van der Waals surface area contributed by atoms with E-state index in [4.69, 9.17) is 21.1 Å². The Balaban J connectivity index is 2.04. The topological polar surface area (TPSA) is 18.5 Å². The number of hydrogen-bond donors (Lipinski definition) is 0. The molecule has 0 aliphatic rings. The lowest BCUT2D eigenvalue weighted by Crippen LogP contribution is -1.96. The molecule has 0 aliphatic heterocycles. The summed E-state index contributed by atoms with van der Waals surface area (Å²) in [5.74, 6) is 1.32. The summed E-state index contributed by atoms with van der Waals surface area (Å²) in [5.41, 5.74) is 0.975. The Kier molecular flexibility index (Phi) is 4.45. The molecule has 2 aromatic heterocycles. The second-order valence-corrected chi connectivity index (χ2v) is 7.78. The van der Waals surface area contributed by atoms with Gasteiger partial charge in [-0.05, 0) is 29.1 Å². The lowest BCUT2D eigenvalue weighted by Gasteiger charge is -2.14. The number of methoxy groups -OCH3 is 2. The molecule has 110 valence electrons. The summed E-state index contributed by atoms with van der Waals surface area (Å²) in [5, 5.41) is 2.77. The summed E-state index contributed by atoms with van der Waals surface area (Å²) in [7, 11) is 3.23. The van der Waals surface area contributed by atoms with Gasteiger partial charge < -0.3 is 9.47 Å². The molecular weight excluding hydrogens is 392 g/mol. The van der Waals surface area contributed by atoms with Gasteiger partial charge in [-0.3, -0.25) is 0 Å². The Labute approximate surface area is 144 Å². The van der Waals surface area contributed by atoms with Crippen molar-refractivity contribution in [2.24, 2.45) is 0 Å². The zero-order valence-corrected chi connectivity index (χ0v) is 15.3. The van der Waals surface area contributed by atoms with Gasteiger partial charge in [0, 0.05) is 25.4 Å². The van der Waals surface area contributed by atoms with E-state index in [1.54, 1.807) is 43.0 Å². The quantitative estimate of drug-likeness (QED) is 0.489. The van der Waals surface area contributed by atoms with Crippen LogP contribution in [0, 0.1) is 0 Å². The van der Waals surface area contributed by atoms with E-state index in [2.05, 4.69) is 33.4 Å². The van der Waals surface area contributed by atoms with Crippen molar-refractivity contribution in [2.45, 2.75) is 4.83 Å². The third kappa shape index (κ3) is 2.80. The third-order valence-corrected chi connectivity index (χ3v) is 6.96. The number of ether oxygens (including phenoxy) is 2. The summed E-state index contributed by atoms with van der Waals surface area (Å²) in [6.45, 7) is 0. The highest BCUT2D eigenvalue weighted by Crippen LogP contribution is 2.45. The Bertz CT molecular complexity index is 753. The van der Waals surface area contributed by atoms with Crippen molar-refractivity contribution < 1.29 is 9.47 Å². The predicted molar refractivity (Wildman–Crippen MR) is 95.0 cm³/mol. The van der Waals surface area contributed by atoms with E-state index in [0.717, 1.165) is 5.56 Å². The number of fused-ring (bicyclic) bond motifs is 1. The summed E-state index contributed by atoms with van der Waals surface area (Å²) >= 11 is 13.7. The van der Waals surface area contributed by atoms with Crippen LogP contribution in [0.15, 0.2) is 29.6 Å². The smallest absolute Gasteiger partial charge is 0.162 e. The van der Waals surface area contributed by atoms with Gasteiger partial charge >= 0.3 is 0 Å². The molecule has 0 amide bonds. The van der Waals surface area contributed by atoms with Gasteiger partial charge in [-0.1, -0.05) is 27.5 Å². The van der Waals surface area contributed by atoms with Gasteiger partial charge in [0.2, 0.25) is 0 Å². The molecule has 21 heavy (non-hydrogen) atoms. The lowest BCUT2D eigenvalue weighted by atomic mass is 10.1. The van der Waals surface area contributed by atoms with E-state index in [-0.39, 0.29) is 4.83 Å². The van der Waals surface area contributed by atoms with Crippen LogP contribution in [0.2, 0.25) is 5.02 Å². The second-order valence-electron chi connectivity index (χ2n) is 4.39. The minimum absolute atomic E-state index is 0.0365. The van der Waals surface area contributed by atoms with E-state index in [9.17, 15) is 0 Å². The van der Waals surface area contributed by atoms with Crippen LogP contribution in [0.3, 0.4) is 0 Å². The van der Waals surface area contributed by atoms with Crippen molar-refractivity contribution in [2.75, 3.05) is 14.2 Å². The molecule has 0 saturated carbocycles. The number of rotatable bonds is 4. The third-order valence-electron chi connectivity index (χ3n) is 3.18. The predicted octanol–water partition coefficient (Wildman–Crippen LogP) is 6.12. The first-order valence-electron chi connectivity index (χ1n) is 6.16. The van der Waals surface area contributed by atoms with Crippen molar-refractivity contribution in [3.63, 3.8) is 0 Å². The van der Waals surface area contributed by atoms with Crippen LogP contribution in [0.25, 0.3) is 9.40 Å². The van der Waals surface area contributed by atoms with Crippen molar-refractivity contribution in [1.29, 1.82) is 0 Å². The van der Waals surface area contributed by atoms with E-state index >= 15 is 0 Å². The Morgan fingerprint density at radius 1 is 1.10 bits per heavy atom. The van der Waals surface area contributed by atoms with Crippen LogP contribution in [-0.2, 0) is 0 Å². The van der Waals surface area contributed by atoms with Gasteiger partial charge in [0.1, 0.15) is 0 Å². The molecule has 0 aliphatic carbocycles. The van der Waals surface area contributed by atoms with Gasteiger partial charge in [0.25, 0.3) is 0 Å². The van der Waals surface area contributed by atoms with Gasteiger partial charge in [-0.25, -0.2) is 0 Å². The fourth-order valence-electron chi connectivity index (χ4n) is 2.13. The maximum absolute atomic E-state index is 6.40. The highest BCUT2D eigenvalue weighted by molar-refractivity contribution is 9.09. The molecule has 0 fully saturated rings. The standard InChI is InChI=1S/C15H12BrClO2S2/c1-18-10-5-8(9(17)6-11(10)19-2)15(16)14-7-13-12(21-14)3-4-20-13/h3-7,15H,1-2H3. The second kappa shape index (κ2) is 6.16. The van der Waals surface area contributed by atoms with E-state index < -0.39 is 0 Å². The van der Waals surface area contributed by atoms with Crippen LogP contribution < -0.4 is 9.47 Å². The van der Waals surface area contributed by atoms with E-state index in [1.165, 1.54) is 14.3 Å². The molecule has 1 aromatic carbocycles. The van der Waals surface area contributed by atoms with Crippen molar-refractivity contribution in [3.05, 3.63) is 45.1 Å².